The molecular weight excluding hydrogens is 485 g/mol. The van der Waals surface area contributed by atoms with Gasteiger partial charge in [0.05, 0.1) is 17.7 Å². The van der Waals surface area contributed by atoms with E-state index in [1.54, 1.807) is 13.0 Å². The summed E-state index contributed by atoms with van der Waals surface area (Å²) in [5.74, 6) is 0.732. The van der Waals surface area contributed by atoms with Crippen LogP contribution in [0.25, 0.3) is 22.0 Å². The third-order valence-electron chi connectivity index (χ3n) is 8.08. The average Bonchev–Trinajstić information content (AvgIpc) is 3.54. The molecule has 0 atom stereocenters. The number of hydrogen-bond acceptors (Lipinski definition) is 7. The highest BCUT2D eigenvalue weighted by Crippen LogP contribution is 2.41. The summed E-state index contributed by atoms with van der Waals surface area (Å²) in [4.78, 5) is 14.3. The van der Waals surface area contributed by atoms with E-state index in [2.05, 4.69) is 20.0 Å². The summed E-state index contributed by atoms with van der Waals surface area (Å²) in [6.07, 6.45) is 2.10. The molecule has 3 saturated heterocycles. The first kappa shape index (κ1) is 24.4. The Kier molecular flexibility index (Phi) is 6.22. The van der Waals surface area contributed by atoms with Crippen LogP contribution < -0.4 is 9.64 Å². The van der Waals surface area contributed by atoms with E-state index < -0.39 is 11.9 Å². The third-order valence-corrected chi connectivity index (χ3v) is 8.08. The summed E-state index contributed by atoms with van der Waals surface area (Å²) in [5, 5.41) is 6.64. The number of hydrogen-bond donors (Lipinski definition) is 1. The Balaban J connectivity index is 1.43. The molecule has 3 aliphatic rings. The minimum absolute atomic E-state index is 0.00384. The van der Waals surface area contributed by atoms with Gasteiger partial charge in [-0.05, 0) is 69.3 Å². The first-order chi connectivity index (χ1) is 17.9. The molecule has 0 unspecified atom stereocenters. The van der Waals surface area contributed by atoms with Crippen molar-refractivity contribution in [2.24, 2.45) is 0 Å². The van der Waals surface area contributed by atoms with Crippen molar-refractivity contribution in [2.75, 3.05) is 50.9 Å². The molecule has 3 fully saturated rings. The molecule has 1 aromatic carbocycles. The van der Waals surface area contributed by atoms with Crippen LogP contribution in [0.2, 0.25) is 0 Å². The van der Waals surface area contributed by atoms with Crippen LogP contribution in [0.3, 0.4) is 0 Å². The normalized spacial score (nSPS) is 20.4. The molecule has 0 amide bonds. The predicted octanol–water partition coefficient (Wildman–Crippen LogP) is 4.58. The molecule has 3 aromatic rings. The maximum Gasteiger partial charge on any atom is 0.435 e. The van der Waals surface area contributed by atoms with Gasteiger partial charge >= 0.3 is 12.2 Å². The molecule has 0 saturated carbocycles. The highest BCUT2D eigenvalue weighted by molar-refractivity contribution is 5.96. The number of rotatable bonds is 5. The first-order valence-corrected chi connectivity index (χ1v) is 13.0. The number of aromatic nitrogens is 4. The van der Waals surface area contributed by atoms with Crippen LogP contribution in [-0.2, 0) is 10.9 Å². The standard InChI is InChI=1S/C26H31F3N6O2/c1-17-18(20-15-30-33-22(20)26(27,28)29)5-6-19-21(17)31-24(32-23(19)34-9-4-13-36-14-12-34)37-16-25-7-2-10-35(25)11-3-8-25/h5-6,15H,2-4,7-14,16H2,1H3,(H,30,33). The van der Waals surface area contributed by atoms with Crippen molar-refractivity contribution in [1.82, 2.24) is 25.1 Å². The van der Waals surface area contributed by atoms with Crippen molar-refractivity contribution in [3.8, 4) is 17.1 Å². The van der Waals surface area contributed by atoms with Gasteiger partial charge in [-0.2, -0.15) is 28.2 Å². The van der Waals surface area contributed by atoms with Crippen molar-refractivity contribution in [3.63, 3.8) is 0 Å². The maximum atomic E-state index is 13.6. The van der Waals surface area contributed by atoms with Gasteiger partial charge in [0.15, 0.2) is 5.69 Å². The zero-order chi connectivity index (χ0) is 25.6. The van der Waals surface area contributed by atoms with Gasteiger partial charge in [-0.1, -0.05) is 6.07 Å². The highest BCUT2D eigenvalue weighted by Gasteiger charge is 2.45. The number of aryl methyl sites for hydroxylation is 1. The van der Waals surface area contributed by atoms with E-state index in [4.69, 9.17) is 19.4 Å². The topological polar surface area (TPSA) is 79.4 Å². The molecule has 0 aliphatic carbocycles. The van der Waals surface area contributed by atoms with Crippen LogP contribution in [0.1, 0.15) is 43.4 Å². The summed E-state index contributed by atoms with van der Waals surface area (Å²) < 4.78 is 52.8. The van der Waals surface area contributed by atoms with E-state index in [1.165, 1.54) is 6.20 Å². The first-order valence-electron chi connectivity index (χ1n) is 13.0. The molecule has 2 aromatic heterocycles. The lowest BCUT2D eigenvalue weighted by Crippen LogP contribution is -2.43. The lowest BCUT2D eigenvalue weighted by atomic mass is 9.95. The van der Waals surface area contributed by atoms with Gasteiger partial charge in [0, 0.05) is 36.8 Å². The van der Waals surface area contributed by atoms with Crippen molar-refractivity contribution in [3.05, 3.63) is 29.6 Å². The average molecular weight is 517 g/mol. The molecular formula is C26H31F3N6O2. The number of nitrogens with zero attached hydrogens (tertiary/aromatic N) is 5. The largest absolute Gasteiger partial charge is 0.461 e. The molecule has 5 heterocycles. The number of nitrogens with one attached hydrogen (secondary N) is 1. The fourth-order valence-electron chi connectivity index (χ4n) is 6.22. The second kappa shape index (κ2) is 9.43. The molecule has 0 bridgehead atoms. The van der Waals surface area contributed by atoms with Crippen molar-refractivity contribution in [2.45, 2.75) is 50.7 Å². The number of fused-ring (bicyclic) bond motifs is 2. The zero-order valence-electron chi connectivity index (χ0n) is 20.9. The fraction of sp³-hybridized carbons (Fsp3) is 0.577. The molecule has 6 rings (SSSR count). The van der Waals surface area contributed by atoms with E-state index in [0.29, 0.717) is 43.0 Å². The summed E-state index contributed by atoms with van der Waals surface area (Å²) in [6, 6.07) is 3.78. The molecule has 8 nitrogen and oxygen atoms in total. The number of aromatic amines is 1. The summed E-state index contributed by atoms with van der Waals surface area (Å²) in [5.41, 5.74) is 0.745. The Labute approximate surface area is 213 Å². The SMILES string of the molecule is Cc1c(-c2c[nH]nc2C(F)(F)F)ccc2c(N3CCCOCC3)nc(OCC34CCCN3CCC4)nc12. The van der Waals surface area contributed by atoms with Crippen molar-refractivity contribution >= 4 is 16.7 Å². The fourth-order valence-corrected chi connectivity index (χ4v) is 6.22. The van der Waals surface area contributed by atoms with Crippen LogP contribution in [0.4, 0.5) is 19.0 Å². The summed E-state index contributed by atoms with van der Waals surface area (Å²) in [7, 11) is 0. The van der Waals surface area contributed by atoms with Crippen molar-refractivity contribution in [1.29, 1.82) is 0 Å². The Bertz CT molecular complexity index is 1280. The Hall–Kier alpha value is -2.92. The van der Waals surface area contributed by atoms with Gasteiger partial charge in [0.2, 0.25) is 0 Å². The zero-order valence-corrected chi connectivity index (χ0v) is 20.9. The Morgan fingerprint density at radius 1 is 1.03 bits per heavy atom. The summed E-state index contributed by atoms with van der Waals surface area (Å²) in [6.45, 7) is 7.20. The lowest BCUT2D eigenvalue weighted by Gasteiger charge is -2.31. The molecule has 37 heavy (non-hydrogen) atoms. The smallest absolute Gasteiger partial charge is 0.435 e. The monoisotopic (exact) mass is 516 g/mol. The van der Waals surface area contributed by atoms with E-state index >= 15 is 0 Å². The van der Waals surface area contributed by atoms with Gasteiger partial charge in [-0.3, -0.25) is 10.00 Å². The maximum absolute atomic E-state index is 13.6. The predicted molar refractivity (Wildman–Crippen MR) is 133 cm³/mol. The minimum Gasteiger partial charge on any atom is -0.461 e. The number of halogens is 3. The third kappa shape index (κ3) is 4.41. The van der Waals surface area contributed by atoms with Gasteiger partial charge < -0.3 is 14.4 Å². The Morgan fingerprint density at radius 2 is 1.84 bits per heavy atom. The second-order valence-corrected chi connectivity index (χ2v) is 10.3. The van der Waals surface area contributed by atoms with Crippen molar-refractivity contribution < 1.29 is 22.6 Å². The molecule has 0 spiro atoms. The number of alkyl halides is 3. The molecule has 198 valence electrons. The van der Waals surface area contributed by atoms with Crippen LogP contribution >= 0.6 is 0 Å². The number of benzene rings is 1. The van der Waals surface area contributed by atoms with E-state index in [9.17, 15) is 13.2 Å². The van der Waals surface area contributed by atoms with E-state index in [1.807, 2.05) is 6.07 Å². The molecule has 1 N–H and O–H groups in total. The van der Waals surface area contributed by atoms with E-state index in [0.717, 1.165) is 62.9 Å². The van der Waals surface area contributed by atoms with Crippen LogP contribution in [-0.4, -0.2) is 76.6 Å². The summed E-state index contributed by atoms with van der Waals surface area (Å²) >= 11 is 0. The molecule has 0 radical (unpaired) electrons. The Morgan fingerprint density at radius 3 is 2.62 bits per heavy atom. The van der Waals surface area contributed by atoms with Crippen LogP contribution in [0.5, 0.6) is 6.01 Å². The number of ether oxygens (including phenoxy) is 2. The highest BCUT2D eigenvalue weighted by atomic mass is 19.4. The number of anilines is 1. The van der Waals surface area contributed by atoms with Gasteiger partial charge in [0.1, 0.15) is 12.4 Å². The van der Waals surface area contributed by atoms with Gasteiger partial charge in [0.25, 0.3) is 0 Å². The van der Waals surface area contributed by atoms with Crippen LogP contribution in [0.15, 0.2) is 18.3 Å². The lowest BCUT2D eigenvalue weighted by molar-refractivity contribution is -0.140. The minimum atomic E-state index is -4.57. The molecule has 3 aliphatic heterocycles. The van der Waals surface area contributed by atoms with Gasteiger partial charge in [-0.15, -0.1) is 0 Å². The molecule has 11 heteroatoms. The van der Waals surface area contributed by atoms with Gasteiger partial charge in [-0.25, -0.2) is 0 Å². The quantitative estimate of drug-likeness (QED) is 0.532. The van der Waals surface area contributed by atoms with Crippen LogP contribution in [0, 0.1) is 6.92 Å². The number of H-pyrrole nitrogens is 1. The van der Waals surface area contributed by atoms with E-state index in [-0.39, 0.29) is 17.1 Å². The second-order valence-electron chi connectivity index (χ2n) is 10.3.